The molecule has 0 saturated carbocycles. The van der Waals surface area contributed by atoms with Crippen LogP contribution in [0.2, 0.25) is 0 Å². The molecule has 0 radical (unpaired) electrons. The largest absolute Gasteiger partial charge is 0.464 e. The molecule has 20 heavy (non-hydrogen) atoms. The molecule has 5 heteroatoms. The van der Waals surface area contributed by atoms with E-state index in [0.717, 1.165) is 41.7 Å². The summed E-state index contributed by atoms with van der Waals surface area (Å²) in [5.74, 6) is 3.69. The van der Waals surface area contributed by atoms with Crippen molar-refractivity contribution in [2.24, 2.45) is 0 Å². The predicted molar refractivity (Wildman–Crippen MR) is 81.1 cm³/mol. The molecule has 1 N–H and O–H groups in total. The Balaban J connectivity index is 2.14. The molecule has 0 saturated heterocycles. The zero-order valence-corrected chi connectivity index (χ0v) is 12.6. The minimum atomic E-state index is 0.693. The summed E-state index contributed by atoms with van der Waals surface area (Å²) in [5, 5.41) is 3.32. The fourth-order valence-corrected chi connectivity index (χ4v) is 2.13. The van der Waals surface area contributed by atoms with Crippen LogP contribution in [0.3, 0.4) is 0 Å². The van der Waals surface area contributed by atoms with E-state index in [9.17, 15) is 0 Å². The molecule has 2 aromatic heterocycles. The van der Waals surface area contributed by atoms with Crippen molar-refractivity contribution in [3.63, 3.8) is 0 Å². The van der Waals surface area contributed by atoms with Gasteiger partial charge in [-0.3, -0.25) is 0 Å². The van der Waals surface area contributed by atoms with Crippen LogP contribution in [0, 0.1) is 13.8 Å². The van der Waals surface area contributed by atoms with Crippen LogP contribution in [0.4, 0.5) is 11.6 Å². The van der Waals surface area contributed by atoms with Crippen molar-refractivity contribution >= 4 is 11.6 Å². The fraction of sp³-hybridized carbons (Fsp3) is 0.467. The zero-order chi connectivity index (χ0) is 14.5. The molecule has 2 aromatic rings. The third-order valence-corrected chi connectivity index (χ3v) is 3.15. The maximum Gasteiger partial charge on any atom is 0.137 e. The highest BCUT2D eigenvalue weighted by Crippen LogP contribution is 2.22. The quantitative estimate of drug-likeness (QED) is 0.877. The van der Waals surface area contributed by atoms with E-state index in [2.05, 4.69) is 27.1 Å². The lowest BCUT2D eigenvalue weighted by Gasteiger charge is -2.20. The molecule has 0 aromatic carbocycles. The molecule has 5 nitrogen and oxygen atoms in total. The summed E-state index contributed by atoms with van der Waals surface area (Å²) in [5.41, 5.74) is 1.06. The van der Waals surface area contributed by atoms with E-state index in [1.807, 2.05) is 33.0 Å². The average molecular weight is 274 g/mol. The molecule has 0 atom stereocenters. The maximum absolute atomic E-state index is 5.61. The lowest BCUT2D eigenvalue weighted by atomic mass is 10.2. The molecule has 0 unspecified atom stereocenters. The summed E-state index contributed by atoms with van der Waals surface area (Å²) in [6, 6.07) is 3.98. The van der Waals surface area contributed by atoms with Gasteiger partial charge in [-0.25, -0.2) is 9.97 Å². The van der Waals surface area contributed by atoms with E-state index < -0.39 is 0 Å². The van der Waals surface area contributed by atoms with E-state index >= 15 is 0 Å². The van der Waals surface area contributed by atoms with Gasteiger partial charge in [0.15, 0.2) is 0 Å². The van der Waals surface area contributed by atoms with Crippen molar-refractivity contribution in [2.75, 3.05) is 23.8 Å². The first-order valence-electron chi connectivity index (χ1n) is 6.93. The molecule has 0 amide bonds. The van der Waals surface area contributed by atoms with E-state index in [-0.39, 0.29) is 0 Å². The number of aromatic nitrogens is 2. The average Bonchev–Trinajstić information content (AvgIpc) is 2.83. The summed E-state index contributed by atoms with van der Waals surface area (Å²) in [6.07, 6.45) is 2.67. The minimum Gasteiger partial charge on any atom is -0.464 e. The van der Waals surface area contributed by atoms with Gasteiger partial charge in [-0.05, 0) is 32.4 Å². The highest BCUT2D eigenvalue weighted by Gasteiger charge is 2.12. The third-order valence-electron chi connectivity index (χ3n) is 3.15. The second-order valence-corrected chi connectivity index (χ2v) is 4.97. The van der Waals surface area contributed by atoms with Gasteiger partial charge in [0.2, 0.25) is 0 Å². The van der Waals surface area contributed by atoms with Crippen molar-refractivity contribution in [1.29, 1.82) is 0 Å². The molecule has 108 valence electrons. The van der Waals surface area contributed by atoms with Gasteiger partial charge in [-0.15, -0.1) is 0 Å². The Morgan fingerprint density at radius 3 is 2.70 bits per heavy atom. The standard InChI is InChI=1S/C15H22N4O/c1-5-8-16-14-12(3)15(18-10-17-14)19(4)9-13-7-6-11(2)20-13/h6-7,10H,5,8-9H2,1-4H3,(H,16,17,18). The van der Waals surface area contributed by atoms with E-state index in [4.69, 9.17) is 4.42 Å². The summed E-state index contributed by atoms with van der Waals surface area (Å²) < 4.78 is 5.61. The van der Waals surface area contributed by atoms with Crippen molar-refractivity contribution in [1.82, 2.24) is 9.97 Å². The molecule has 0 aliphatic rings. The van der Waals surface area contributed by atoms with Gasteiger partial charge >= 0.3 is 0 Å². The van der Waals surface area contributed by atoms with E-state index in [1.54, 1.807) is 6.33 Å². The molecule has 0 fully saturated rings. The van der Waals surface area contributed by atoms with Crippen molar-refractivity contribution < 1.29 is 4.42 Å². The lowest BCUT2D eigenvalue weighted by Crippen LogP contribution is -2.19. The summed E-state index contributed by atoms with van der Waals surface area (Å²) >= 11 is 0. The molecule has 0 aliphatic carbocycles. The Morgan fingerprint density at radius 1 is 1.25 bits per heavy atom. The second-order valence-electron chi connectivity index (χ2n) is 4.97. The number of furan rings is 1. The molecular formula is C15H22N4O. The summed E-state index contributed by atoms with van der Waals surface area (Å²) in [6.45, 7) is 7.73. The first kappa shape index (κ1) is 14.4. The number of rotatable bonds is 6. The van der Waals surface area contributed by atoms with Crippen LogP contribution in [-0.4, -0.2) is 23.6 Å². The predicted octanol–water partition coefficient (Wildman–Crippen LogP) is 3.14. The third kappa shape index (κ3) is 3.29. The van der Waals surface area contributed by atoms with Gasteiger partial charge in [0.1, 0.15) is 29.5 Å². The fourth-order valence-electron chi connectivity index (χ4n) is 2.13. The molecule has 0 aliphatic heterocycles. The van der Waals surface area contributed by atoms with Crippen LogP contribution in [0.25, 0.3) is 0 Å². The minimum absolute atomic E-state index is 0.693. The number of nitrogens with one attached hydrogen (secondary N) is 1. The van der Waals surface area contributed by atoms with Crippen LogP contribution in [-0.2, 0) is 6.54 Å². The Bertz CT molecular complexity index is 565. The zero-order valence-electron chi connectivity index (χ0n) is 12.6. The molecule has 0 bridgehead atoms. The summed E-state index contributed by atoms with van der Waals surface area (Å²) in [4.78, 5) is 10.8. The number of anilines is 2. The van der Waals surface area contributed by atoms with Gasteiger partial charge in [0.25, 0.3) is 0 Å². The highest BCUT2D eigenvalue weighted by atomic mass is 16.3. The SMILES string of the molecule is CCCNc1ncnc(N(C)Cc2ccc(C)o2)c1C. The number of nitrogens with zero attached hydrogens (tertiary/aromatic N) is 3. The number of hydrogen-bond donors (Lipinski definition) is 1. The molecule has 0 spiro atoms. The molecule has 2 rings (SSSR count). The Labute approximate surface area is 120 Å². The first-order chi connectivity index (χ1) is 9.61. The summed E-state index contributed by atoms with van der Waals surface area (Å²) in [7, 11) is 2.01. The smallest absolute Gasteiger partial charge is 0.137 e. The van der Waals surface area contributed by atoms with Crippen molar-refractivity contribution in [3.8, 4) is 0 Å². The monoisotopic (exact) mass is 274 g/mol. The second kappa shape index (κ2) is 6.41. The van der Waals surface area contributed by atoms with Crippen LogP contribution in [0.15, 0.2) is 22.9 Å². The highest BCUT2D eigenvalue weighted by molar-refractivity contribution is 5.57. The molecule has 2 heterocycles. The van der Waals surface area contributed by atoms with Crippen LogP contribution in [0.5, 0.6) is 0 Å². The molecular weight excluding hydrogens is 252 g/mol. The first-order valence-corrected chi connectivity index (χ1v) is 6.93. The van der Waals surface area contributed by atoms with Gasteiger partial charge in [0.05, 0.1) is 6.54 Å². The van der Waals surface area contributed by atoms with Crippen LogP contribution >= 0.6 is 0 Å². The van der Waals surface area contributed by atoms with Crippen LogP contribution in [0.1, 0.15) is 30.4 Å². The van der Waals surface area contributed by atoms with Crippen molar-refractivity contribution in [2.45, 2.75) is 33.7 Å². The lowest BCUT2D eigenvalue weighted by molar-refractivity contribution is 0.481. The van der Waals surface area contributed by atoms with Crippen LogP contribution < -0.4 is 10.2 Å². The Kier molecular flexibility index (Phi) is 4.61. The normalized spacial score (nSPS) is 10.6. The Morgan fingerprint density at radius 2 is 2.05 bits per heavy atom. The topological polar surface area (TPSA) is 54.2 Å². The van der Waals surface area contributed by atoms with Gasteiger partial charge in [-0.2, -0.15) is 0 Å². The number of aryl methyl sites for hydroxylation is 1. The maximum atomic E-state index is 5.61. The number of hydrogen-bond acceptors (Lipinski definition) is 5. The van der Waals surface area contributed by atoms with E-state index in [1.165, 1.54) is 0 Å². The van der Waals surface area contributed by atoms with Crippen molar-refractivity contribution in [3.05, 3.63) is 35.5 Å². The Hall–Kier alpha value is -2.04. The van der Waals surface area contributed by atoms with E-state index in [0.29, 0.717) is 6.54 Å². The van der Waals surface area contributed by atoms with Gasteiger partial charge in [0, 0.05) is 19.2 Å². The van der Waals surface area contributed by atoms with Gasteiger partial charge < -0.3 is 14.6 Å². The van der Waals surface area contributed by atoms with Gasteiger partial charge in [-0.1, -0.05) is 6.92 Å².